The Morgan fingerprint density at radius 3 is 2.63 bits per heavy atom. The van der Waals surface area contributed by atoms with Crippen molar-refractivity contribution < 1.29 is 19.4 Å². The van der Waals surface area contributed by atoms with Crippen molar-refractivity contribution >= 4 is 17.7 Å². The van der Waals surface area contributed by atoms with Gasteiger partial charge in [-0.3, -0.25) is 0 Å². The van der Waals surface area contributed by atoms with Crippen molar-refractivity contribution in [2.45, 2.75) is 18.1 Å². The largest absolute Gasteiger partial charge is 0.493 e. The average molecular weight is 282 g/mol. The molecule has 5 heteroatoms. The van der Waals surface area contributed by atoms with Crippen LogP contribution in [0.1, 0.15) is 23.2 Å². The second-order valence-electron chi connectivity index (χ2n) is 4.36. The molecule has 1 fully saturated rings. The lowest BCUT2D eigenvalue weighted by molar-refractivity contribution is 0.0697. The van der Waals surface area contributed by atoms with Gasteiger partial charge in [-0.25, -0.2) is 4.79 Å². The van der Waals surface area contributed by atoms with Gasteiger partial charge in [0, 0.05) is 24.2 Å². The number of hydrogen-bond donors (Lipinski definition) is 1. The molecule has 1 N–H and O–H groups in total. The maximum Gasteiger partial charge on any atom is 0.335 e. The van der Waals surface area contributed by atoms with Crippen LogP contribution in [-0.2, 0) is 4.74 Å². The molecule has 104 valence electrons. The van der Waals surface area contributed by atoms with Crippen molar-refractivity contribution in [1.82, 2.24) is 0 Å². The monoisotopic (exact) mass is 282 g/mol. The van der Waals surface area contributed by atoms with E-state index in [1.165, 1.54) is 0 Å². The van der Waals surface area contributed by atoms with Crippen LogP contribution in [0.15, 0.2) is 24.3 Å². The molecule has 0 bridgehead atoms. The van der Waals surface area contributed by atoms with Crippen LogP contribution >= 0.6 is 11.8 Å². The SMILES string of the molecule is O=C(O)c1ccc(OCCSC2CCOCC2)cc1. The first-order valence-electron chi connectivity index (χ1n) is 6.41. The topological polar surface area (TPSA) is 55.8 Å². The molecule has 2 rings (SSSR count). The zero-order valence-electron chi connectivity index (χ0n) is 10.7. The van der Waals surface area contributed by atoms with Crippen molar-refractivity contribution in [2.75, 3.05) is 25.6 Å². The minimum absolute atomic E-state index is 0.281. The van der Waals surface area contributed by atoms with Crippen molar-refractivity contribution in [2.24, 2.45) is 0 Å². The number of carboxylic acids is 1. The maximum absolute atomic E-state index is 10.7. The number of ether oxygens (including phenoxy) is 2. The predicted molar refractivity (Wildman–Crippen MR) is 75.2 cm³/mol. The van der Waals surface area contributed by atoms with E-state index in [0.29, 0.717) is 11.9 Å². The molecule has 0 aliphatic carbocycles. The highest BCUT2D eigenvalue weighted by Crippen LogP contribution is 2.22. The van der Waals surface area contributed by atoms with Gasteiger partial charge in [0.25, 0.3) is 0 Å². The number of thioether (sulfide) groups is 1. The summed E-state index contributed by atoms with van der Waals surface area (Å²) < 4.78 is 10.9. The fraction of sp³-hybridized carbons (Fsp3) is 0.500. The van der Waals surface area contributed by atoms with E-state index in [0.717, 1.165) is 37.6 Å². The highest BCUT2D eigenvalue weighted by atomic mass is 32.2. The quantitative estimate of drug-likeness (QED) is 0.813. The van der Waals surface area contributed by atoms with Crippen LogP contribution in [0.2, 0.25) is 0 Å². The summed E-state index contributed by atoms with van der Waals surface area (Å²) in [6, 6.07) is 6.51. The smallest absolute Gasteiger partial charge is 0.335 e. The minimum Gasteiger partial charge on any atom is -0.493 e. The van der Waals surface area contributed by atoms with Crippen LogP contribution in [0, 0.1) is 0 Å². The van der Waals surface area contributed by atoms with E-state index in [4.69, 9.17) is 14.6 Å². The number of carbonyl (C=O) groups is 1. The zero-order chi connectivity index (χ0) is 13.5. The van der Waals surface area contributed by atoms with Gasteiger partial charge < -0.3 is 14.6 Å². The Morgan fingerprint density at radius 2 is 2.00 bits per heavy atom. The summed E-state index contributed by atoms with van der Waals surface area (Å²) >= 11 is 1.93. The Morgan fingerprint density at radius 1 is 1.32 bits per heavy atom. The predicted octanol–water partition coefficient (Wildman–Crippen LogP) is 2.68. The lowest BCUT2D eigenvalue weighted by Crippen LogP contribution is -2.18. The van der Waals surface area contributed by atoms with Gasteiger partial charge in [-0.2, -0.15) is 11.8 Å². The van der Waals surface area contributed by atoms with E-state index in [1.807, 2.05) is 11.8 Å². The van der Waals surface area contributed by atoms with Crippen LogP contribution < -0.4 is 4.74 Å². The van der Waals surface area contributed by atoms with E-state index in [1.54, 1.807) is 24.3 Å². The molecule has 0 saturated carbocycles. The molecule has 0 amide bonds. The van der Waals surface area contributed by atoms with Crippen LogP contribution in [0.4, 0.5) is 0 Å². The van der Waals surface area contributed by atoms with Gasteiger partial charge in [0.2, 0.25) is 0 Å². The van der Waals surface area contributed by atoms with Gasteiger partial charge >= 0.3 is 5.97 Å². The summed E-state index contributed by atoms with van der Waals surface area (Å²) in [5.74, 6) is 0.755. The maximum atomic E-state index is 10.7. The van der Waals surface area contributed by atoms with Gasteiger partial charge in [0.15, 0.2) is 0 Å². The number of hydrogen-bond acceptors (Lipinski definition) is 4. The number of benzene rings is 1. The van der Waals surface area contributed by atoms with Crippen molar-refractivity contribution in [3.63, 3.8) is 0 Å². The van der Waals surface area contributed by atoms with Crippen LogP contribution in [-0.4, -0.2) is 41.9 Å². The summed E-state index contributed by atoms with van der Waals surface area (Å²) in [6.07, 6.45) is 2.25. The molecule has 4 nitrogen and oxygen atoms in total. The van der Waals surface area contributed by atoms with Gasteiger partial charge in [0.1, 0.15) is 5.75 Å². The zero-order valence-corrected chi connectivity index (χ0v) is 11.5. The van der Waals surface area contributed by atoms with Gasteiger partial charge in [0.05, 0.1) is 12.2 Å². The Hall–Kier alpha value is -1.20. The third-order valence-electron chi connectivity index (χ3n) is 2.98. The highest BCUT2D eigenvalue weighted by Gasteiger charge is 2.13. The van der Waals surface area contributed by atoms with Crippen molar-refractivity contribution in [1.29, 1.82) is 0 Å². The molecular formula is C14H18O4S. The van der Waals surface area contributed by atoms with E-state index in [9.17, 15) is 4.79 Å². The van der Waals surface area contributed by atoms with Crippen molar-refractivity contribution in [3.8, 4) is 5.75 Å². The molecule has 0 spiro atoms. The molecular weight excluding hydrogens is 264 g/mol. The van der Waals surface area contributed by atoms with Crippen LogP contribution in [0.3, 0.4) is 0 Å². The lowest BCUT2D eigenvalue weighted by Gasteiger charge is -2.21. The first-order valence-corrected chi connectivity index (χ1v) is 7.46. The Kier molecular flexibility index (Phi) is 5.54. The lowest BCUT2D eigenvalue weighted by atomic mass is 10.2. The van der Waals surface area contributed by atoms with Gasteiger partial charge in [-0.15, -0.1) is 0 Å². The Labute approximate surface area is 117 Å². The third-order valence-corrected chi connectivity index (χ3v) is 4.32. The molecule has 0 radical (unpaired) electrons. The number of aromatic carboxylic acids is 1. The third kappa shape index (κ3) is 4.76. The summed E-state index contributed by atoms with van der Waals surface area (Å²) in [5.41, 5.74) is 0.281. The number of carboxylic acid groups (broad SMARTS) is 1. The summed E-state index contributed by atoms with van der Waals surface area (Å²) in [7, 11) is 0. The first kappa shape index (κ1) is 14.2. The second-order valence-corrected chi connectivity index (χ2v) is 5.77. The molecule has 0 atom stereocenters. The van der Waals surface area contributed by atoms with Crippen molar-refractivity contribution in [3.05, 3.63) is 29.8 Å². The fourth-order valence-corrected chi connectivity index (χ4v) is 2.95. The standard InChI is InChI=1S/C14H18O4S/c15-14(16)11-1-3-12(4-2-11)18-9-10-19-13-5-7-17-8-6-13/h1-4,13H,5-10H2,(H,15,16). The fourth-order valence-electron chi connectivity index (χ4n) is 1.91. The molecule has 19 heavy (non-hydrogen) atoms. The second kappa shape index (κ2) is 7.40. The molecule has 0 aromatic heterocycles. The van der Waals surface area contributed by atoms with Gasteiger partial charge in [-0.1, -0.05) is 0 Å². The minimum atomic E-state index is -0.915. The molecule has 1 aromatic carbocycles. The van der Waals surface area contributed by atoms with Gasteiger partial charge in [-0.05, 0) is 37.1 Å². The molecule has 0 unspecified atom stereocenters. The van der Waals surface area contributed by atoms with Crippen LogP contribution in [0.5, 0.6) is 5.75 Å². The molecule has 1 saturated heterocycles. The van der Waals surface area contributed by atoms with Crippen LogP contribution in [0.25, 0.3) is 0 Å². The average Bonchev–Trinajstić information content (AvgIpc) is 2.45. The number of rotatable bonds is 6. The molecule has 1 heterocycles. The normalized spacial score (nSPS) is 16.2. The molecule has 1 aliphatic rings. The van der Waals surface area contributed by atoms with E-state index < -0.39 is 5.97 Å². The summed E-state index contributed by atoms with van der Waals surface area (Å²) in [5, 5.41) is 9.47. The Balaban J connectivity index is 1.66. The molecule has 1 aliphatic heterocycles. The molecule has 1 aromatic rings. The van der Waals surface area contributed by atoms with E-state index >= 15 is 0 Å². The summed E-state index contributed by atoms with van der Waals surface area (Å²) in [6.45, 7) is 2.39. The van der Waals surface area contributed by atoms with E-state index in [-0.39, 0.29) is 5.56 Å². The highest BCUT2D eigenvalue weighted by molar-refractivity contribution is 7.99. The van der Waals surface area contributed by atoms with E-state index in [2.05, 4.69) is 0 Å². The first-order chi connectivity index (χ1) is 9.25. The summed E-state index contributed by atoms with van der Waals surface area (Å²) in [4.78, 5) is 10.7. The Bertz CT molecular complexity index is 398.